The van der Waals surface area contributed by atoms with Gasteiger partial charge in [-0.2, -0.15) is 0 Å². The molecule has 3 rings (SSSR count). The number of ketones is 1. The van der Waals surface area contributed by atoms with Gasteiger partial charge in [-0.05, 0) is 34.1 Å². The Morgan fingerprint density at radius 1 is 1.32 bits per heavy atom. The van der Waals surface area contributed by atoms with E-state index in [0.29, 0.717) is 21.5 Å². The molecule has 0 spiro atoms. The Morgan fingerprint density at radius 2 is 2.16 bits per heavy atom. The van der Waals surface area contributed by atoms with E-state index in [4.69, 9.17) is 9.15 Å². The summed E-state index contributed by atoms with van der Waals surface area (Å²) in [7, 11) is 1.59. The van der Waals surface area contributed by atoms with Gasteiger partial charge in [0.2, 0.25) is 0 Å². The van der Waals surface area contributed by atoms with E-state index >= 15 is 0 Å². The molecule has 4 nitrogen and oxygen atoms in total. The first-order valence-corrected chi connectivity index (χ1v) is 6.43. The standard InChI is InChI=1S/C14H10BrNO3/c1-18-11-4-2-3-10-12(11)9(7-16-10)13(17)8-5-6-19-14(8)15/h2-7,16H,1H3. The number of fused-ring (bicyclic) bond motifs is 1. The molecule has 96 valence electrons. The second kappa shape index (κ2) is 4.59. The van der Waals surface area contributed by atoms with Crippen LogP contribution < -0.4 is 4.74 Å². The summed E-state index contributed by atoms with van der Waals surface area (Å²) in [6, 6.07) is 7.25. The Bertz CT molecular complexity index is 757. The zero-order valence-electron chi connectivity index (χ0n) is 10.1. The minimum atomic E-state index is -0.114. The van der Waals surface area contributed by atoms with E-state index in [1.165, 1.54) is 6.26 Å². The number of nitrogens with one attached hydrogen (secondary N) is 1. The van der Waals surface area contributed by atoms with Crippen molar-refractivity contribution < 1.29 is 13.9 Å². The van der Waals surface area contributed by atoms with E-state index < -0.39 is 0 Å². The number of H-pyrrole nitrogens is 1. The number of furan rings is 1. The summed E-state index contributed by atoms with van der Waals surface area (Å²) in [5.41, 5.74) is 1.92. The molecule has 2 heterocycles. The predicted octanol–water partition coefficient (Wildman–Crippen LogP) is 3.76. The Hall–Kier alpha value is -2.01. The summed E-state index contributed by atoms with van der Waals surface area (Å²) in [5.74, 6) is 0.554. The molecule has 1 aromatic carbocycles. The highest BCUT2D eigenvalue weighted by Gasteiger charge is 2.20. The number of ether oxygens (including phenoxy) is 1. The monoisotopic (exact) mass is 319 g/mol. The van der Waals surface area contributed by atoms with Gasteiger partial charge in [-0.25, -0.2) is 0 Å². The van der Waals surface area contributed by atoms with Crippen molar-refractivity contribution in [3.63, 3.8) is 0 Å². The fourth-order valence-electron chi connectivity index (χ4n) is 2.10. The largest absolute Gasteiger partial charge is 0.496 e. The van der Waals surface area contributed by atoms with Crippen molar-refractivity contribution in [3.8, 4) is 5.75 Å². The molecule has 19 heavy (non-hydrogen) atoms. The lowest BCUT2D eigenvalue weighted by Gasteiger charge is -2.03. The molecule has 2 aromatic heterocycles. The highest BCUT2D eigenvalue weighted by atomic mass is 79.9. The van der Waals surface area contributed by atoms with Crippen LogP contribution in [0.15, 0.2) is 45.8 Å². The molecule has 0 aliphatic carbocycles. The SMILES string of the molecule is COc1cccc2[nH]cc(C(=O)c3ccoc3Br)c12. The normalized spacial score (nSPS) is 10.8. The van der Waals surface area contributed by atoms with Crippen LogP contribution in [-0.4, -0.2) is 17.9 Å². The van der Waals surface area contributed by atoms with Crippen LogP contribution in [-0.2, 0) is 0 Å². The molecule has 0 atom stereocenters. The number of methoxy groups -OCH3 is 1. The Labute approximate surface area is 117 Å². The first-order valence-electron chi connectivity index (χ1n) is 5.64. The molecule has 0 bridgehead atoms. The number of benzene rings is 1. The van der Waals surface area contributed by atoms with Gasteiger partial charge in [-0.15, -0.1) is 0 Å². The number of carbonyl (C=O) groups excluding carboxylic acids is 1. The maximum Gasteiger partial charge on any atom is 0.199 e. The zero-order valence-corrected chi connectivity index (χ0v) is 11.7. The number of hydrogen-bond donors (Lipinski definition) is 1. The summed E-state index contributed by atoms with van der Waals surface area (Å²) in [5, 5.41) is 0.781. The lowest BCUT2D eigenvalue weighted by atomic mass is 10.0. The van der Waals surface area contributed by atoms with Gasteiger partial charge in [0, 0.05) is 11.7 Å². The summed E-state index contributed by atoms with van der Waals surface area (Å²) < 4.78 is 10.9. The molecule has 0 unspecified atom stereocenters. The van der Waals surface area contributed by atoms with Crippen molar-refractivity contribution in [3.05, 3.63) is 52.5 Å². The number of rotatable bonds is 3. The molecular weight excluding hydrogens is 310 g/mol. The van der Waals surface area contributed by atoms with Crippen LogP contribution in [0.3, 0.4) is 0 Å². The van der Waals surface area contributed by atoms with Gasteiger partial charge in [0.05, 0.1) is 29.9 Å². The minimum absolute atomic E-state index is 0.114. The van der Waals surface area contributed by atoms with Gasteiger partial charge in [0.1, 0.15) is 5.75 Å². The van der Waals surface area contributed by atoms with E-state index in [9.17, 15) is 4.79 Å². The molecule has 3 aromatic rings. The van der Waals surface area contributed by atoms with Gasteiger partial charge in [0.15, 0.2) is 10.5 Å². The summed E-state index contributed by atoms with van der Waals surface area (Å²) >= 11 is 3.22. The van der Waals surface area contributed by atoms with Crippen molar-refractivity contribution in [1.29, 1.82) is 0 Å². The fraction of sp³-hybridized carbons (Fsp3) is 0.0714. The van der Waals surface area contributed by atoms with Crippen molar-refractivity contribution in [2.45, 2.75) is 0 Å². The quantitative estimate of drug-likeness (QED) is 0.748. The molecule has 0 saturated heterocycles. The summed E-state index contributed by atoms with van der Waals surface area (Å²) in [6.45, 7) is 0. The predicted molar refractivity (Wildman–Crippen MR) is 74.7 cm³/mol. The Kier molecular flexibility index (Phi) is 2.91. The van der Waals surface area contributed by atoms with E-state index in [1.54, 1.807) is 19.4 Å². The number of aromatic nitrogens is 1. The Morgan fingerprint density at radius 3 is 2.84 bits per heavy atom. The average Bonchev–Trinajstić information content (AvgIpc) is 3.03. The summed E-state index contributed by atoms with van der Waals surface area (Å²) in [6.07, 6.45) is 3.17. The first-order chi connectivity index (χ1) is 9.22. The fourth-order valence-corrected chi connectivity index (χ4v) is 2.52. The lowest BCUT2D eigenvalue weighted by molar-refractivity contribution is 0.103. The zero-order chi connectivity index (χ0) is 13.4. The smallest absolute Gasteiger partial charge is 0.199 e. The van der Waals surface area contributed by atoms with Crippen molar-refractivity contribution in [1.82, 2.24) is 4.98 Å². The summed E-state index contributed by atoms with van der Waals surface area (Å²) in [4.78, 5) is 15.6. The van der Waals surface area contributed by atoms with Crippen molar-refractivity contribution >= 4 is 32.6 Å². The molecular formula is C14H10BrNO3. The Balaban J connectivity index is 2.21. The van der Waals surface area contributed by atoms with Crippen LogP contribution in [0.1, 0.15) is 15.9 Å². The number of carbonyl (C=O) groups is 1. The minimum Gasteiger partial charge on any atom is -0.496 e. The number of aromatic amines is 1. The topological polar surface area (TPSA) is 55.2 Å². The third kappa shape index (κ3) is 1.86. The van der Waals surface area contributed by atoms with Crippen LogP contribution in [0.5, 0.6) is 5.75 Å². The van der Waals surface area contributed by atoms with Crippen molar-refractivity contribution in [2.24, 2.45) is 0 Å². The van der Waals surface area contributed by atoms with E-state index in [2.05, 4.69) is 20.9 Å². The van der Waals surface area contributed by atoms with Gasteiger partial charge >= 0.3 is 0 Å². The van der Waals surface area contributed by atoms with Gasteiger partial charge in [-0.3, -0.25) is 4.79 Å². The van der Waals surface area contributed by atoms with Crippen LogP contribution in [0.25, 0.3) is 10.9 Å². The molecule has 0 fully saturated rings. The molecule has 0 radical (unpaired) electrons. The molecule has 0 aliphatic rings. The average molecular weight is 320 g/mol. The van der Waals surface area contributed by atoms with E-state index in [-0.39, 0.29) is 5.78 Å². The maximum atomic E-state index is 12.5. The van der Waals surface area contributed by atoms with Gasteiger partial charge in [-0.1, -0.05) is 6.07 Å². The van der Waals surface area contributed by atoms with Crippen LogP contribution in [0, 0.1) is 0 Å². The van der Waals surface area contributed by atoms with E-state index in [0.717, 1.165) is 10.9 Å². The lowest BCUT2D eigenvalue weighted by Crippen LogP contribution is -2.00. The highest BCUT2D eigenvalue weighted by Crippen LogP contribution is 2.31. The molecule has 1 N–H and O–H groups in total. The third-order valence-corrected chi connectivity index (χ3v) is 3.61. The van der Waals surface area contributed by atoms with Crippen LogP contribution in [0.4, 0.5) is 0 Å². The van der Waals surface area contributed by atoms with Gasteiger partial charge < -0.3 is 14.1 Å². The maximum absolute atomic E-state index is 12.5. The molecule has 0 aliphatic heterocycles. The van der Waals surface area contributed by atoms with Crippen molar-refractivity contribution in [2.75, 3.05) is 7.11 Å². The number of halogens is 1. The second-order valence-electron chi connectivity index (χ2n) is 4.02. The van der Waals surface area contributed by atoms with Crippen LogP contribution in [0.2, 0.25) is 0 Å². The molecule has 0 amide bonds. The van der Waals surface area contributed by atoms with Gasteiger partial charge in [0.25, 0.3) is 0 Å². The highest BCUT2D eigenvalue weighted by molar-refractivity contribution is 9.10. The number of hydrogen-bond acceptors (Lipinski definition) is 3. The molecule has 5 heteroatoms. The van der Waals surface area contributed by atoms with E-state index in [1.807, 2.05) is 18.2 Å². The first kappa shape index (κ1) is 12.0. The van der Waals surface area contributed by atoms with Crippen LogP contribution >= 0.6 is 15.9 Å². The third-order valence-electron chi connectivity index (χ3n) is 2.99. The molecule has 0 saturated carbocycles. The second-order valence-corrected chi connectivity index (χ2v) is 4.74.